The van der Waals surface area contributed by atoms with E-state index in [0.29, 0.717) is 0 Å². The third-order valence-electron chi connectivity index (χ3n) is 3.93. The lowest BCUT2D eigenvalue weighted by molar-refractivity contribution is 0.673. The average Bonchev–Trinajstić information content (AvgIpc) is 2.53. The Hall–Kier alpha value is -1.58. The Kier molecular flexibility index (Phi) is 5.21. The lowest BCUT2D eigenvalue weighted by Gasteiger charge is -2.27. The number of anilines is 1. The van der Waals surface area contributed by atoms with Gasteiger partial charge in [0.2, 0.25) is 0 Å². The van der Waals surface area contributed by atoms with Gasteiger partial charge in [0.1, 0.15) is 0 Å². The van der Waals surface area contributed by atoms with Crippen LogP contribution in [0.5, 0.6) is 0 Å². The molecule has 1 heterocycles. The second kappa shape index (κ2) is 6.92. The summed E-state index contributed by atoms with van der Waals surface area (Å²) in [6.45, 7) is 4.23. The fraction of sp³-hybridized carbons (Fsp3) is 0.353. The van der Waals surface area contributed by atoms with Crippen molar-refractivity contribution in [3.8, 4) is 0 Å². The maximum absolute atomic E-state index is 6.00. The van der Waals surface area contributed by atoms with Crippen LogP contribution in [0.3, 0.4) is 0 Å². The molecule has 0 saturated carbocycles. The summed E-state index contributed by atoms with van der Waals surface area (Å²) in [6.07, 6.45) is 2.78. The van der Waals surface area contributed by atoms with E-state index in [1.165, 1.54) is 5.56 Å². The van der Waals surface area contributed by atoms with Crippen molar-refractivity contribution in [3.63, 3.8) is 0 Å². The zero-order valence-corrected chi connectivity index (χ0v) is 13.5. The fourth-order valence-electron chi connectivity index (χ4n) is 2.22. The van der Waals surface area contributed by atoms with Crippen LogP contribution in [0.2, 0.25) is 5.02 Å². The molecular weight excluding hydrogens is 282 g/mol. The molecule has 1 aromatic heterocycles. The van der Waals surface area contributed by atoms with Gasteiger partial charge in [-0.2, -0.15) is 0 Å². The summed E-state index contributed by atoms with van der Waals surface area (Å²) in [7, 11) is 2.07. The fourth-order valence-corrected chi connectivity index (χ4v) is 2.35. The molecule has 0 amide bonds. The Morgan fingerprint density at radius 2 is 1.86 bits per heavy atom. The summed E-state index contributed by atoms with van der Waals surface area (Å²) >= 11 is 5.94. The highest BCUT2D eigenvalue weighted by Gasteiger charge is 2.13. The van der Waals surface area contributed by atoms with E-state index >= 15 is 0 Å². The smallest absolute Gasteiger partial charge is 0.0572 e. The van der Waals surface area contributed by atoms with Gasteiger partial charge in [-0.3, -0.25) is 4.98 Å². The zero-order valence-electron chi connectivity index (χ0n) is 12.8. The predicted molar refractivity (Wildman–Crippen MR) is 89.7 cm³/mol. The molecule has 0 bridgehead atoms. The van der Waals surface area contributed by atoms with Crippen molar-refractivity contribution < 1.29 is 0 Å². The topological polar surface area (TPSA) is 42.1 Å². The summed E-state index contributed by atoms with van der Waals surface area (Å²) < 4.78 is 0. The van der Waals surface area contributed by atoms with Crippen LogP contribution < -0.4 is 10.6 Å². The predicted octanol–water partition coefficient (Wildman–Crippen LogP) is 4.34. The molecule has 0 saturated heterocycles. The van der Waals surface area contributed by atoms with Crippen LogP contribution in [-0.2, 0) is 0 Å². The van der Waals surface area contributed by atoms with Crippen LogP contribution in [0, 0.1) is 0 Å². The van der Waals surface area contributed by atoms with Gasteiger partial charge in [-0.05, 0) is 43.2 Å². The number of benzene rings is 1. The van der Waals surface area contributed by atoms with Gasteiger partial charge >= 0.3 is 0 Å². The van der Waals surface area contributed by atoms with E-state index in [-0.39, 0.29) is 12.1 Å². The van der Waals surface area contributed by atoms with Crippen molar-refractivity contribution >= 4 is 17.3 Å². The Morgan fingerprint density at radius 3 is 2.38 bits per heavy atom. The number of nitrogens with zero attached hydrogens (tertiary/aromatic N) is 2. The maximum Gasteiger partial charge on any atom is 0.0572 e. The molecule has 0 spiro atoms. The van der Waals surface area contributed by atoms with Gasteiger partial charge in [0.25, 0.3) is 0 Å². The molecule has 0 aliphatic rings. The summed E-state index contributed by atoms with van der Waals surface area (Å²) in [5.41, 5.74) is 9.23. The Labute approximate surface area is 131 Å². The number of rotatable bonds is 5. The second-order valence-electron chi connectivity index (χ2n) is 5.29. The number of aromatic nitrogens is 1. The highest BCUT2D eigenvalue weighted by atomic mass is 35.5. The van der Waals surface area contributed by atoms with E-state index in [1.54, 1.807) is 0 Å². The SMILES string of the molecule is CCC(N)c1ccc(N(C)C(C)c2ccc(Cl)cc2)cn1. The van der Waals surface area contributed by atoms with Gasteiger partial charge in [0.15, 0.2) is 0 Å². The largest absolute Gasteiger partial charge is 0.367 e. The summed E-state index contributed by atoms with van der Waals surface area (Å²) in [5.74, 6) is 0. The normalized spacial score (nSPS) is 13.8. The summed E-state index contributed by atoms with van der Waals surface area (Å²) in [4.78, 5) is 6.66. The van der Waals surface area contributed by atoms with Crippen molar-refractivity contribution in [2.75, 3.05) is 11.9 Å². The van der Waals surface area contributed by atoms with E-state index in [2.05, 4.69) is 49.0 Å². The molecule has 2 aromatic rings. The minimum atomic E-state index is 0.0121. The second-order valence-corrected chi connectivity index (χ2v) is 5.73. The van der Waals surface area contributed by atoms with Crippen LogP contribution in [0.1, 0.15) is 43.6 Å². The minimum absolute atomic E-state index is 0.0121. The third-order valence-corrected chi connectivity index (χ3v) is 4.18. The van der Waals surface area contributed by atoms with Crippen molar-refractivity contribution in [3.05, 3.63) is 58.9 Å². The molecule has 2 atom stereocenters. The molecule has 3 nitrogen and oxygen atoms in total. The molecule has 21 heavy (non-hydrogen) atoms. The number of pyridine rings is 1. The van der Waals surface area contributed by atoms with Crippen molar-refractivity contribution in [1.82, 2.24) is 4.98 Å². The van der Waals surface area contributed by atoms with Gasteiger partial charge in [-0.1, -0.05) is 30.7 Å². The first kappa shape index (κ1) is 15.8. The number of halogens is 1. The molecule has 2 rings (SSSR count). The van der Waals surface area contributed by atoms with E-state index in [4.69, 9.17) is 17.3 Å². The summed E-state index contributed by atoms with van der Waals surface area (Å²) in [5, 5.41) is 0.758. The Bertz CT molecular complexity index is 566. The Balaban J connectivity index is 2.15. The lowest BCUT2D eigenvalue weighted by Crippen LogP contribution is -2.22. The van der Waals surface area contributed by atoms with Crippen molar-refractivity contribution in [2.24, 2.45) is 5.73 Å². The van der Waals surface area contributed by atoms with Gasteiger partial charge in [0.05, 0.1) is 23.6 Å². The molecule has 0 aliphatic heterocycles. The standard InChI is InChI=1S/C17H22ClN3/c1-4-16(19)17-10-9-15(11-20-17)21(3)12(2)13-5-7-14(18)8-6-13/h5-12,16H,4,19H2,1-3H3. The first-order valence-electron chi connectivity index (χ1n) is 7.22. The van der Waals surface area contributed by atoms with Crippen LogP contribution in [0.4, 0.5) is 5.69 Å². The van der Waals surface area contributed by atoms with Gasteiger partial charge in [-0.25, -0.2) is 0 Å². The summed E-state index contributed by atoms with van der Waals surface area (Å²) in [6, 6.07) is 12.3. The monoisotopic (exact) mass is 303 g/mol. The molecule has 2 N–H and O–H groups in total. The van der Waals surface area contributed by atoms with Crippen LogP contribution in [-0.4, -0.2) is 12.0 Å². The molecular formula is C17H22ClN3. The van der Waals surface area contributed by atoms with E-state index < -0.39 is 0 Å². The van der Waals surface area contributed by atoms with Crippen LogP contribution >= 0.6 is 11.6 Å². The van der Waals surface area contributed by atoms with Gasteiger partial charge in [0, 0.05) is 18.1 Å². The average molecular weight is 304 g/mol. The van der Waals surface area contributed by atoms with E-state index in [0.717, 1.165) is 22.8 Å². The number of hydrogen-bond acceptors (Lipinski definition) is 3. The molecule has 0 radical (unpaired) electrons. The van der Waals surface area contributed by atoms with E-state index in [9.17, 15) is 0 Å². The molecule has 2 unspecified atom stereocenters. The molecule has 4 heteroatoms. The molecule has 0 fully saturated rings. The number of nitrogens with two attached hydrogens (primary N) is 1. The maximum atomic E-state index is 6.00. The zero-order chi connectivity index (χ0) is 15.4. The van der Waals surface area contributed by atoms with Crippen LogP contribution in [0.25, 0.3) is 0 Å². The first-order valence-corrected chi connectivity index (χ1v) is 7.60. The van der Waals surface area contributed by atoms with Crippen molar-refractivity contribution in [1.29, 1.82) is 0 Å². The highest BCUT2D eigenvalue weighted by Crippen LogP contribution is 2.26. The van der Waals surface area contributed by atoms with Gasteiger partial charge < -0.3 is 10.6 Å². The minimum Gasteiger partial charge on any atom is -0.367 e. The lowest BCUT2D eigenvalue weighted by atomic mass is 10.1. The molecule has 1 aromatic carbocycles. The number of hydrogen-bond donors (Lipinski definition) is 1. The molecule has 112 valence electrons. The van der Waals surface area contributed by atoms with Gasteiger partial charge in [-0.15, -0.1) is 0 Å². The quantitative estimate of drug-likeness (QED) is 0.893. The first-order chi connectivity index (χ1) is 10.0. The highest BCUT2D eigenvalue weighted by molar-refractivity contribution is 6.30. The Morgan fingerprint density at radius 1 is 1.19 bits per heavy atom. The third kappa shape index (κ3) is 3.74. The van der Waals surface area contributed by atoms with E-state index in [1.807, 2.05) is 24.4 Å². The molecule has 0 aliphatic carbocycles. The van der Waals surface area contributed by atoms with Crippen LogP contribution in [0.15, 0.2) is 42.6 Å². The van der Waals surface area contributed by atoms with Crippen molar-refractivity contribution in [2.45, 2.75) is 32.4 Å².